The van der Waals surface area contributed by atoms with Crippen molar-refractivity contribution in [1.82, 2.24) is 14.1 Å². The zero-order valence-electron chi connectivity index (χ0n) is 36.3. The third-order valence-corrected chi connectivity index (χ3v) is 13.0. The van der Waals surface area contributed by atoms with E-state index < -0.39 is 0 Å². The van der Waals surface area contributed by atoms with Crippen molar-refractivity contribution < 1.29 is 24.1 Å². The molecule has 9 rings (SSSR count). The monoisotopic (exact) mass is 979 g/mol. The summed E-state index contributed by atoms with van der Waals surface area (Å²) < 4.78 is 12.4. The predicted octanol–water partition coefficient (Wildman–Crippen LogP) is 14.1. The predicted molar refractivity (Wildman–Crippen MR) is 247 cm³/mol. The van der Waals surface area contributed by atoms with Gasteiger partial charge in [-0.1, -0.05) is 20.8 Å². The summed E-state index contributed by atoms with van der Waals surface area (Å²) in [6.45, 7) is 18.2. The molecule has 0 saturated carbocycles. The van der Waals surface area contributed by atoms with Crippen LogP contribution in [0.5, 0.6) is 11.5 Å². The van der Waals surface area contributed by atoms with Crippen LogP contribution in [0.25, 0.3) is 44.7 Å². The Hall–Kier alpha value is -5.77. The molecule has 0 saturated heterocycles. The van der Waals surface area contributed by atoms with Crippen LogP contribution in [0.15, 0.2) is 146 Å². The topological polar surface area (TPSA) is 35.2 Å². The van der Waals surface area contributed by atoms with Crippen molar-refractivity contribution in [3.63, 3.8) is 0 Å². The summed E-state index contributed by atoms with van der Waals surface area (Å²) in [4.78, 5) is 7.25. The Labute approximate surface area is 371 Å². The van der Waals surface area contributed by atoms with Crippen molar-refractivity contribution in [2.75, 3.05) is 4.90 Å². The van der Waals surface area contributed by atoms with E-state index in [-0.39, 0.29) is 16.4 Å². The fourth-order valence-corrected chi connectivity index (χ4v) is 9.60. The van der Waals surface area contributed by atoms with E-state index in [0.29, 0.717) is 11.5 Å². The third-order valence-electron chi connectivity index (χ3n) is 11.9. The molecular weight excluding hydrogens is 928 g/mol. The van der Waals surface area contributed by atoms with Gasteiger partial charge in [0, 0.05) is 6.20 Å². The third kappa shape index (κ3) is 7.74. The van der Waals surface area contributed by atoms with Crippen molar-refractivity contribution in [1.29, 1.82) is 0 Å². The molecule has 6 heteroatoms. The molecule has 1 aliphatic rings. The molecule has 8 aromatic rings. The number of benzene rings is 6. The molecule has 0 aliphatic carbocycles. The first-order valence-electron chi connectivity index (χ1n) is 21.2. The van der Waals surface area contributed by atoms with E-state index in [1.165, 1.54) is 38.9 Å². The Morgan fingerprint density at radius 3 is 1.84 bits per heavy atom. The van der Waals surface area contributed by atoms with Crippen LogP contribution in [0, 0.1) is 15.9 Å². The second kappa shape index (κ2) is 15.6. The molecule has 0 N–H and O–H groups in total. The Morgan fingerprint density at radius 2 is 1.21 bits per heavy atom. The zero-order chi connectivity index (χ0) is 42.7. The Bertz CT molecular complexity index is 2900. The van der Waals surface area contributed by atoms with E-state index in [0.717, 1.165) is 50.6 Å². The fraction of sp³-hybridized carbons (Fsp3) is 0.236. The van der Waals surface area contributed by atoms with Gasteiger partial charge < -0.3 is 0 Å². The average Bonchev–Trinajstić information content (AvgIpc) is 3.54. The minimum absolute atomic E-state index is 0.00337. The number of para-hydroxylation sites is 2. The molecule has 0 spiro atoms. The summed E-state index contributed by atoms with van der Waals surface area (Å²) in [5.41, 5.74) is 13.5. The second-order valence-electron chi connectivity index (χ2n) is 18.8. The van der Waals surface area contributed by atoms with Crippen LogP contribution in [0.4, 0.5) is 11.5 Å². The van der Waals surface area contributed by atoms with Crippen molar-refractivity contribution in [2.24, 2.45) is 0 Å². The number of ether oxygens (including phenoxy) is 1. The molecule has 0 unspecified atom stereocenters. The molecule has 0 atom stereocenters. The van der Waals surface area contributed by atoms with Gasteiger partial charge in [-0.3, -0.25) is 0 Å². The van der Waals surface area contributed by atoms with Crippen LogP contribution < -0.4 is 9.64 Å². The maximum atomic E-state index is 6.70. The summed E-state index contributed by atoms with van der Waals surface area (Å²) in [7, 11) is 0. The molecule has 5 nitrogen and oxygen atoms in total. The van der Waals surface area contributed by atoms with E-state index in [4.69, 9.17) is 9.72 Å². The number of nitrogens with zero attached hydrogens (tertiary/aromatic N) is 4. The van der Waals surface area contributed by atoms with E-state index in [9.17, 15) is 0 Å². The van der Waals surface area contributed by atoms with Crippen molar-refractivity contribution >= 4 is 22.5 Å². The van der Waals surface area contributed by atoms with Gasteiger partial charge in [-0.15, -0.1) is 0 Å². The standard InChI is InChI=1S/C55H52N4O.Pt/c1-53(2,3)41-29-31-56-51(34-41)59-50-36-45(27-26-40(50)28-30-55(59,7)8)60-44-23-17-22-43(35-44)57-37-58(49-25-16-15-24-48(49)57)52-46(38-18-11-9-12-19-38)32-42(54(4,5)6)33-47(52)39-20-13-10-14-21-39;/h9-27,29,31-34H,28,30H2,1-8H3;/q-2;. The second-order valence-corrected chi connectivity index (χ2v) is 19.8. The molecule has 61 heavy (non-hydrogen) atoms. The number of hydrogen-bond donors (Lipinski definition) is 0. The van der Waals surface area contributed by atoms with Crippen LogP contribution >= 0.6 is 0 Å². The molecule has 0 amide bonds. The first-order valence-corrected chi connectivity index (χ1v) is 22.3. The van der Waals surface area contributed by atoms with Crippen molar-refractivity contribution in [2.45, 2.75) is 84.6 Å². The first kappa shape index (κ1) is 40.6. The van der Waals surface area contributed by atoms with E-state index in [2.05, 4.69) is 228 Å². The number of fused-ring (bicyclic) bond motifs is 2. The van der Waals surface area contributed by atoms with Crippen LogP contribution in [0.2, 0.25) is 0 Å². The van der Waals surface area contributed by atoms with Crippen LogP contribution in [-0.2, 0) is 36.6 Å². The SMILES string of the molecule is CC(C)(C)c1ccnc(N2c3[c-]c(Oc4[c-]c(-n5[c](=[Pt])n(-c6c(-c7ccccc7)cc(C(C)(C)C)cc6-c6ccccc6)c6ccccc65)ccc4)ccc3CCC2(C)C)c1. The minimum atomic E-state index is -0.160. The van der Waals surface area contributed by atoms with Crippen LogP contribution in [0.1, 0.15) is 78.5 Å². The molecule has 310 valence electrons. The summed E-state index contributed by atoms with van der Waals surface area (Å²) in [6, 6.07) is 57.1. The fourth-order valence-electron chi connectivity index (χ4n) is 8.52. The van der Waals surface area contributed by atoms with E-state index in [1.54, 1.807) is 0 Å². The van der Waals surface area contributed by atoms with Gasteiger partial charge in [0.2, 0.25) is 0 Å². The normalized spacial score (nSPS) is 14.0. The first-order chi connectivity index (χ1) is 29.2. The average molecular weight is 980 g/mol. The molecule has 6 aromatic carbocycles. The van der Waals surface area contributed by atoms with Gasteiger partial charge in [-0.2, -0.15) is 0 Å². The molecule has 2 aromatic heterocycles. The van der Waals surface area contributed by atoms with E-state index >= 15 is 0 Å². The van der Waals surface area contributed by atoms with Crippen LogP contribution in [-0.4, -0.2) is 19.7 Å². The van der Waals surface area contributed by atoms with Crippen LogP contribution in [0.3, 0.4) is 0 Å². The summed E-state index contributed by atoms with van der Waals surface area (Å²) in [5.74, 6) is 2.19. The van der Waals surface area contributed by atoms with Gasteiger partial charge in [-0.25, -0.2) is 0 Å². The van der Waals surface area contributed by atoms with Gasteiger partial charge in [0.15, 0.2) is 0 Å². The molecule has 0 fully saturated rings. The van der Waals surface area contributed by atoms with Crippen molar-refractivity contribution in [3.8, 4) is 45.1 Å². The maximum absolute atomic E-state index is 6.70. The zero-order valence-corrected chi connectivity index (χ0v) is 38.6. The van der Waals surface area contributed by atoms with Gasteiger partial charge in [-0.05, 0) is 17.0 Å². The number of imidazole rings is 1. The Morgan fingerprint density at radius 1 is 0.623 bits per heavy atom. The van der Waals surface area contributed by atoms with Crippen molar-refractivity contribution in [3.05, 3.63) is 178 Å². The number of aryl methyl sites for hydroxylation is 1. The van der Waals surface area contributed by atoms with Gasteiger partial charge in [0.05, 0.1) is 0 Å². The molecule has 3 heterocycles. The quantitative estimate of drug-likeness (QED) is 0.149. The van der Waals surface area contributed by atoms with Gasteiger partial charge >= 0.3 is 330 Å². The molecular formula is C55H52N4OPt-2. The Balaban J connectivity index is 1.17. The summed E-state index contributed by atoms with van der Waals surface area (Å²) in [6.07, 6.45) is 3.91. The molecule has 0 radical (unpaired) electrons. The van der Waals surface area contributed by atoms with E-state index in [1.807, 2.05) is 18.3 Å². The number of anilines is 2. The molecule has 0 bridgehead atoms. The molecule has 1 aliphatic heterocycles. The number of aromatic nitrogens is 3. The number of hydrogen-bond acceptors (Lipinski definition) is 3. The number of rotatable bonds is 7. The number of pyridine rings is 1. The summed E-state index contributed by atoms with van der Waals surface area (Å²) in [5, 5.41) is 0. The summed E-state index contributed by atoms with van der Waals surface area (Å²) >= 11 is 2.50. The van der Waals surface area contributed by atoms with Gasteiger partial charge in [0.25, 0.3) is 0 Å². The van der Waals surface area contributed by atoms with Gasteiger partial charge in [0.1, 0.15) is 0 Å². The Kier molecular flexibility index (Phi) is 10.4.